The van der Waals surface area contributed by atoms with Crippen LogP contribution in [0.25, 0.3) is 0 Å². The maximum atomic E-state index is 5.17. The fraction of sp³-hybridized carbons (Fsp3) is 0.429. The number of rotatable bonds is 8. The average Bonchev–Trinajstić information content (AvgIpc) is 2.60. The summed E-state index contributed by atoms with van der Waals surface area (Å²) in [7, 11) is 3.91. The van der Waals surface area contributed by atoms with Crippen LogP contribution in [0.2, 0.25) is 0 Å². The second kappa shape index (κ2) is 8.73. The Kier molecular flexibility index (Phi) is 6.66. The number of ether oxygens (including phenoxy) is 1. The van der Waals surface area contributed by atoms with E-state index in [4.69, 9.17) is 4.74 Å². The van der Waals surface area contributed by atoms with Gasteiger partial charge in [-0.15, -0.1) is 0 Å². The highest BCUT2D eigenvalue weighted by molar-refractivity contribution is 5.46. The average molecular weight is 311 g/mol. The third kappa shape index (κ3) is 5.11. The molecule has 0 aliphatic carbocycles. The topological polar surface area (TPSA) is 12.5 Å². The van der Waals surface area contributed by atoms with Crippen molar-refractivity contribution in [3.8, 4) is 0 Å². The molecule has 0 bridgehead atoms. The van der Waals surface area contributed by atoms with E-state index in [1.165, 1.54) is 22.4 Å². The summed E-state index contributed by atoms with van der Waals surface area (Å²) in [5.41, 5.74) is 5.33. The van der Waals surface area contributed by atoms with E-state index in [0.717, 1.165) is 19.4 Å². The standard InChI is InChI=1S/C21H29NO/c1-5-18-8-12-21(13-9-18)22(3)15-14-17(2)20-10-6-19(7-11-20)16-23-4/h6-13,17H,5,14-16H2,1-4H3. The molecule has 2 heteroatoms. The molecule has 2 nitrogen and oxygen atoms in total. The number of nitrogens with zero attached hydrogens (tertiary/aromatic N) is 1. The maximum Gasteiger partial charge on any atom is 0.0713 e. The highest BCUT2D eigenvalue weighted by Gasteiger charge is 2.08. The monoisotopic (exact) mass is 311 g/mol. The second-order valence-electron chi connectivity index (χ2n) is 6.31. The Labute approximate surface area is 141 Å². The molecule has 124 valence electrons. The molecule has 2 aromatic rings. The van der Waals surface area contributed by atoms with Crippen molar-refractivity contribution < 1.29 is 4.74 Å². The number of anilines is 1. The Morgan fingerprint density at radius 3 is 2.13 bits per heavy atom. The van der Waals surface area contributed by atoms with Gasteiger partial charge < -0.3 is 9.64 Å². The first-order chi connectivity index (χ1) is 11.1. The molecule has 0 saturated heterocycles. The van der Waals surface area contributed by atoms with Crippen molar-refractivity contribution in [2.24, 2.45) is 0 Å². The van der Waals surface area contributed by atoms with E-state index >= 15 is 0 Å². The van der Waals surface area contributed by atoms with E-state index in [9.17, 15) is 0 Å². The van der Waals surface area contributed by atoms with E-state index < -0.39 is 0 Å². The van der Waals surface area contributed by atoms with Crippen LogP contribution in [0.5, 0.6) is 0 Å². The van der Waals surface area contributed by atoms with Gasteiger partial charge in [0.25, 0.3) is 0 Å². The van der Waals surface area contributed by atoms with Crippen LogP contribution in [0, 0.1) is 0 Å². The van der Waals surface area contributed by atoms with Crippen molar-refractivity contribution in [3.63, 3.8) is 0 Å². The van der Waals surface area contributed by atoms with Crippen LogP contribution >= 0.6 is 0 Å². The van der Waals surface area contributed by atoms with Gasteiger partial charge in [0.05, 0.1) is 6.61 Å². The molecule has 1 atom stereocenters. The Morgan fingerprint density at radius 1 is 0.957 bits per heavy atom. The van der Waals surface area contributed by atoms with Crippen LogP contribution in [0.3, 0.4) is 0 Å². The van der Waals surface area contributed by atoms with Crippen molar-refractivity contribution in [3.05, 3.63) is 65.2 Å². The summed E-state index contributed by atoms with van der Waals surface area (Å²) >= 11 is 0. The van der Waals surface area contributed by atoms with Gasteiger partial charge in [-0.3, -0.25) is 0 Å². The van der Waals surface area contributed by atoms with Gasteiger partial charge in [-0.2, -0.15) is 0 Å². The Balaban J connectivity index is 1.88. The number of benzene rings is 2. The zero-order chi connectivity index (χ0) is 16.7. The summed E-state index contributed by atoms with van der Waals surface area (Å²) in [6, 6.07) is 17.7. The van der Waals surface area contributed by atoms with Crippen LogP contribution in [0.4, 0.5) is 5.69 Å². The summed E-state index contributed by atoms with van der Waals surface area (Å²) in [5, 5.41) is 0. The van der Waals surface area contributed by atoms with Gasteiger partial charge in [0.15, 0.2) is 0 Å². The molecule has 0 radical (unpaired) electrons. The summed E-state index contributed by atoms with van der Waals surface area (Å²) in [6.45, 7) is 6.25. The maximum absolute atomic E-state index is 5.17. The van der Waals surface area contributed by atoms with Gasteiger partial charge in [0.1, 0.15) is 0 Å². The third-order valence-electron chi connectivity index (χ3n) is 4.54. The molecule has 0 amide bonds. The SMILES string of the molecule is CCc1ccc(N(C)CCC(C)c2ccc(COC)cc2)cc1. The highest BCUT2D eigenvalue weighted by Crippen LogP contribution is 2.22. The largest absolute Gasteiger partial charge is 0.380 e. The number of methoxy groups -OCH3 is 1. The van der Waals surface area contributed by atoms with E-state index in [0.29, 0.717) is 12.5 Å². The normalized spacial score (nSPS) is 12.2. The molecule has 2 aromatic carbocycles. The lowest BCUT2D eigenvalue weighted by Crippen LogP contribution is -2.19. The third-order valence-corrected chi connectivity index (χ3v) is 4.54. The predicted molar refractivity (Wildman–Crippen MR) is 99.3 cm³/mol. The fourth-order valence-corrected chi connectivity index (χ4v) is 2.78. The molecule has 0 spiro atoms. The fourth-order valence-electron chi connectivity index (χ4n) is 2.78. The molecular formula is C21H29NO. The number of aryl methyl sites for hydroxylation is 1. The Bertz CT molecular complexity index is 574. The van der Waals surface area contributed by atoms with Crippen LogP contribution in [-0.4, -0.2) is 20.7 Å². The van der Waals surface area contributed by atoms with E-state index in [2.05, 4.69) is 74.3 Å². The molecule has 0 aliphatic heterocycles. The second-order valence-corrected chi connectivity index (χ2v) is 6.31. The summed E-state index contributed by atoms with van der Waals surface area (Å²) in [5.74, 6) is 0.559. The molecule has 23 heavy (non-hydrogen) atoms. The van der Waals surface area contributed by atoms with Crippen LogP contribution in [0.1, 0.15) is 42.9 Å². The van der Waals surface area contributed by atoms with E-state index in [1.54, 1.807) is 7.11 Å². The van der Waals surface area contributed by atoms with Crippen LogP contribution in [0.15, 0.2) is 48.5 Å². The van der Waals surface area contributed by atoms with E-state index in [-0.39, 0.29) is 0 Å². The molecule has 0 fully saturated rings. The lowest BCUT2D eigenvalue weighted by molar-refractivity contribution is 0.185. The zero-order valence-electron chi connectivity index (χ0n) is 14.9. The lowest BCUT2D eigenvalue weighted by Gasteiger charge is -2.22. The lowest BCUT2D eigenvalue weighted by atomic mass is 9.96. The smallest absolute Gasteiger partial charge is 0.0713 e. The predicted octanol–water partition coefficient (Wildman–Crippen LogP) is 5.03. The quantitative estimate of drug-likeness (QED) is 0.678. The van der Waals surface area contributed by atoms with Gasteiger partial charge in [0, 0.05) is 26.4 Å². The summed E-state index contributed by atoms with van der Waals surface area (Å²) in [6.07, 6.45) is 2.25. The Hall–Kier alpha value is -1.80. The molecule has 0 saturated carbocycles. The van der Waals surface area contributed by atoms with E-state index in [1.807, 2.05) is 0 Å². The number of hydrogen-bond acceptors (Lipinski definition) is 2. The minimum absolute atomic E-state index is 0.559. The van der Waals surface area contributed by atoms with Crippen molar-refractivity contribution in [2.75, 3.05) is 25.6 Å². The first-order valence-corrected chi connectivity index (χ1v) is 8.52. The molecule has 0 N–H and O–H groups in total. The van der Waals surface area contributed by atoms with Crippen LogP contribution in [-0.2, 0) is 17.8 Å². The van der Waals surface area contributed by atoms with Crippen molar-refractivity contribution in [1.29, 1.82) is 0 Å². The minimum Gasteiger partial charge on any atom is -0.380 e. The van der Waals surface area contributed by atoms with Crippen molar-refractivity contribution >= 4 is 5.69 Å². The molecule has 0 heterocycles. The molecule has 0 aromatic heterocycles. The van der Waals surface area contributed by atoms with Gasteiger partial charge in [0.2, 0.25) is 0 Å². The van der Waals surface area contributed by atoms with Crippen molar-refractivity contribution in [1.82, 2.24) is 0 Å². The zero-order valence-corrected chi connectivity index (χ0v) is 14.9. The molecule has 1 unspecified atom stereocenters. The Morgan fingerprint density at radius 2 is 1.57 bits per heavy atom. The number of hydrogen-bond donors (Lipinski definition) is 0. The minimum atomic E-state index is 0.559. The van der Waals surface area contributed by atoms with Gasteiger partial charge in [-0.25, -0.2) is 0 Å². The molecular weight excluding hydrogens is 282 g/mol. The van der Waals surface area contributed by atoms with Gasteiger partial charge in [-0.05, 0) is 47.6 Å². The van der Waals surface area contributed by atoms with Gasteiger partial charge >= 0.3 is 0 Å². The summed E-state index contributed by atoms with van der Waals surface area (Å²) < 4.78 is 5.17. The molecule has 2 rings (SSSR count). The first kappa shape index (κ1) is 17.6. The van der Waals surface area contributed by atoms with Crippen molar-refractivity contribution in [2.45, 2.75) is 39.2 Å². The van der Waals surface area contributed by atoms with Crippen LogP contribution < -0.4 is 4.90 Å². The van der Waals surface area contributed by atoms with Gasteiger partial charge in [-0.1, -0.05) is 50.2 Å². The summed E-state index contributed by atoms with van der Waals surface area (Å²) in [4.78, 5) is 2.34. The molecule has 0 aliphatic rings. The first-order valence-electron chi connectivity index (χ1n) is 8.52. The highest BCUT2D eigenvalue weighted by atomic mass is 16.5.